The van der Waals surface area contributed by atoms with Crippen molar-refractivity contribution in [2.24, 2.45) is 9.98 Å². The van der Waals surface area contributed by atoms with Gasteiger partial charge in [-0.05, 0) is 18.6 Å². The van der Waals surface area contributed by atoms with Gasteiger partial charge in [0.15, 0.2) is 0 Å². The van der Waals surface area contributed by atoms with E-state index in [2.05, 4.69) is 16.9 Å². The van der Waals surface area contributed by atoms with Crippen LogP contribution in [-0.4, -0.2) is 25.0 Å². The van der Waals surface area contributed by atoms with Crippen LogP contribution in [0.5, 0.6) is 0 Å². The topological polar surface area (TPSA) is 24.7 Å². The molecular formula is C9H14N2. The van der Waals surface area contributed by atoms with Crippen molar-refractivity contribution in [3.63, 3.8) is 0 Å². The smallest absolute Gasteiger partial charge is 0.0807 e. The molecule has 1 heterocycles. The SMILES string of the molecule is CCCC/N=C1\C=CC=NC1. The fraction of sp³-hybridized carbons (Fsp3) is 0.556. The van der Waals surface area contributed by atoms with Crippen molar-refractivity contribution < 1.29 is 0 Å². The second kappa shape index (κ2) is 4.83. The van der Waals surface area contributed by atoms with Gasteiger partial charge in [0, 0.05) is 12.8 Å². The Morgan fingerprint density at radius 1 is 1.64 bits per heavy atom. The second-order valence-corrected chi connectivity index (χ2v) is 2.58. The maximum Gasteiger partial charge on any atom is 0.0807 e. The third kappa shape index (κ3) is 3.12. The molecule has 0 amide bonds. The Kier molecular flexibility index (Phi) is 3.59. The van der Waals surface area contributed by atoms with E-state index in [-0.39, 0.29) is 0 Å². The first-order valence-corrected chi connectivity index (χ1v) is 4.13. The van der Waals surface area contributed by atoms with Crippen molar-refractivity contribution >= 4 is 11.9 Å². The van der Waals surface area contributed by atoms with E-state index in [1.165, 1.54) is 12.8 Å². The van der Waals surface area contributed by atoms with E-state index < -0.39 is 0 Å². The molecule has 2 heteroatoms. The normalized spacial score (nSPS) is 19.5. The first-order valence-electron chi connectivity index (χ1n) is 4.13. The van der Waals surface area contributed by atoms with E-state index >= 15 is 0 Å². The number of hydrogen-bond acceptors (Lipinski definition) is 2. The molecule has 2 nitrogen and oxygen atoms in total. The Bertz CT molecular complexity index is 190. The van der Waals surface area contributed by atoms with Crippen LogP contribution in [0.3, 0.4) is 0 Å². The van der Waals surface area contributed by atoms with Crippen LogP contribution < -0.4 is 0 Å². The number of aliphatic imine (C=N–C) groups is 2. The van der Waals surface area contributed by atoms with Crippen LogP contribution in [0.15, 0.2) is 22.1 Å². The summed E-state index contributed by atoms with van der Waals surface area (Å²) in [5.74, 6) is 0. The molecule has 0 unspecified atom stereocenters. The number of nitrogens with zero attached hydrogens (tertiary/aromatic N) is 2. The summed E-state index contributed by atoms with van der Waals surface area (Å²) in [7, 11) is 0. The summed E-state index contributed by atoms with van der Waals surface area (Å²) in [5.41, 5.74) is 1.11. The van der Waals surface area contributed by atoms with Gasteiger partial charge < -0.3 is 0 Å². The molecule has 11 heavy (non-hydrogen) atoms. The molecule has 0 radical (unpaired) electrons. The van der Waals surface area contributed by atoms with Gasteiger partial charge in [-0.1, -0.05) is 13.3 Å². The highest BCUT2D eigenvalue weighted by Gasteiger charge is 1.93. The minimum atomic E-state index is 0.764. The largest absolute Gasteiger partial charge is 0.288 e. The highest BCUT2D eigenvalue weighted by molar-refractivity contribution is 6.02. The molecule has 1 rings (SSSR count). The molecular weight excluding hydrogens is 136 g/mol. The molecule has 0 spiro atoms. The lowest BCUT2D eigenvalue weighted by molar-refractivity contribution is 0.807. The van der Waals surface area contributed by atoms with Gasteiger partial charge >= 0.3 is 0 Å². The zero-order valence-electron chi connectivity index (χ0n) is 6.95. The standard InChI is InChI=1S/C9H14N2/c1-2-3-7-11-9-5-4-6-10-8-9/h4-6H,2-3,7-8H2,1H3/b11-9+. The van der Waals surface area contributed by atoms with E-state index in [9.17, 15) is 0 Å². The summed E-state index contributed by atoms with van der Waals surface area (Å²) in [6.45, 7) is 3.89. The molecule has 0 fully saturated rings. The summed E-state index contributed by atoms with van der Waals surface area (Å²) in [6, 6.07) is 0. The predicted octanol–water partition coefficient (Wildman–Crippen LogP) is 1.87. The minimum Gasteiger partial charge on any atom is -0.288 e. The Labute approximate surface area is 67.8 Å². The summed E-state index contributed by atoms with van der Waals surface area (Å²) < 4.78 is 0. The highest BCUT2D eigenvalue weighted by atomic mass is 14.8. The van der Waals surface area contributed by atoms with Gasteiger partial charge in [-0.3, -0.25) is 9.98 Å². The number of allylic oxidation sites excluding steroid dienone is 1. The predicted molar refractivity (Wildman–Crippen MR) is 49.7 cm³/mol. The Morgan fingerprint density at radius 3 is 3.18 bits per heavy atom. The lowest BCUT2D eigenvalue weighted by atomic mass is 10.3. The van der Waals surface area contributed by atoms with E-state index in [0.29, 0.717) is 0 Å². The molecule has 0 saturated carbocycles. The van der Waals surface area contributed by atoms with Crippen molar-refractivity contribution in [1.29, 1.82) is 0 Å². The molecule has 0 N–H and O–H groups in total. The van der Waals surface area contributed by atoms with Crippen LogP contribution >= 0.6 is 0 Å². The maximum atomic E-state index is 4.39. The van der Waals surface area contributed by atoms with Crippen molar-refractivity contribution in [3.05, 3.63) is 12.2 Å². The maximum absolute atomic E-state index is 4.39. The van der Waals surface area contributed by atoms with Crippen LogP contribution in [0, 0.1) is 0 Å². The van der Waals surface area contributed by atoms with Gasteiger partial charge in [-0.2, -0.15) is 0 Å². The molecule has 1 aliphatic heterocycles. The Morgan fingerprint density at radius 2 is 2.55 bits per heavy atom. The third-order valence-corrected chi connectivity index (χ3v) is 1.56. The van der Waals surface area contributed by atoms with E-state index in [1.54, 1.807) is 0 Å². The van der Waals surface area contributed by atoms with Crippen LogP contribution in [0.4, 0.5) is 0 Å². The first-order chi connectivity index (χ1) is 5.43. The van der Waals surface area contributed by atoms with Crippen molar-refractivity contribution in [2.75, 3.05) is 13.1 Å². The average Bonchev–Trinajstić information content (AvgIpc) is 2.07. The lowest BCUT2D eigenvalue weighted by Crippen LogP contribution is -2.03. The van der Waals surface area contributed by atoms with Gasteiger partial charge in [-0.25, -0.2) is 0 Å². The number of unbranched alkanes of at least 4 members (excludes halogenated alkanes) is 1. The van der Waals surface area contributed by atoms with Crippen LogP contribution in [-0.2, 0) is 0 Å². The summed E-state index contributed by atoms with van der Waals surface area (Å²) in [4.78, 5) is 8.48. The van der Waals surface area contributed by atoms with Crippen molar-refractivity contribution in [2.45, 2.75) is 19.8 Å². The van der Waals surface area contributed by atoms with Crippen molar-refractivity contribution in [3.8, 4) is 0 Å². The number of hydrogen-bond donors (Lipinski definition) is 0. The summed E-state index contributed by atoms with van der Waals surface area (Å²) in [6.07, 6.45) is 8.18. The zero-order chi connectivity index (χ0) is 7.94. The van der Waals surface area contributed by atoms with Crippen LogP contribution in [0.2, 0.25) is 0 Å². The molecule has 0 aliphatic carbocycles. The van der Waals surface area contributed by atoms with Gasteiger partial charge in [0.1, 0.15) is 0 Å². The van der Waals surface area contributed by atoms with E-state index in [0.717, 1.165) is 18.8 Å². The van der Waals surface area contributed by atoms with Gasteiger partial charge in [0.05, 0.1) is 12.3 Å². The quantitative estimate of drug-likeness (QED) is 0.549. The Balaban J connectivity index is 2.29. The van der Waals surface area contributed by atoms with Gasteiger partial charge in [-0.15, -0.1) is 0 Å². The van der Waals surface area contributed by atoms with E-state index in [4.69, 9.17) is 0 Å². The number of rotatable bonds is 3. The fourth-order valence-electron chi connectivity index (χ4n) is 0.897. The molecule has 60 valence electrons. The molecule has 0 aromatic carbocycles. The number of dihydropyridines is 1. The zero-order valence-corrected chi connectivity index (χ0v) is 6.95. The monoisotopic (exact) mass is 150 g/mol. The molecule has 0 saturated heterocycles. The van der Waals surface area contributed by atoms with Crippen LogP contribution in [0.25, 0.3) is 0 Å². The van der Waals surface area contributed by atoms with Gasteiger partial charge in [0.25, 0.3) is 0 Å². The lowest BCUT2D eigenvalue weighted by Gasteiger charge is -1.99. The third-order valence-electron chi connectivity index (χ3n) is 1.56. The average molecular weight is 150 g/mol. The summed E-state index contributed by atoms with van der Waals surface area (Å²) in [5, 5.41) is 0. The highest BCUT2D eigenvalue weighted by Crippen LogP contribution is 1.93. The fourth-order valence-corrected chi connectivity index (χ4v) is 0.897. The molecule has 1 aliphatic rings. The first kappa shape index (κ1) is 8.18. The minimum absolute atomic E-state index is 0.764. The summed E-state index contributed by atoms with van der Waals surface area (Å²) >= 11 is 0. The molecule has 0 aromatic rings. The second-order valence-electron chi connectivity index (χ2n) is 2.58. The molecule has 0 bridgehead atoms. The molecule has 0 atom stereocenters. The Hall–Kier alpha value is -0.920. The van der Waals surface area contributed by atoms with Crippen LogP contribution in [0.1, 0.15) is 19.8 Å². The van der Waals surface area contributed by atoms with E-state index in [1.807, 2.05) is 18.4 Å². The van der Waals surface area contributed by atoms with Gasteiger partial charge in [0.2, 0.25) is 0 Å². The van der Waals surface area contributed by atoms with Crippen molar-refractivity contribution in [1.82, 2.24) is 0 Å². The molecule has 0 aromatic heterocycles.